The van der Waals surface area contributed by atoms with Crippen LogP contribution in [0.4, 0.5) is 0 Å². The molecule has 7 heteroatoms. The number of hydrogen-bond donors (Lipinski definition) is 0. The lowest BCUT2D eigenvalue weighted by Crippen LogP contribution is -2.44. The number of nitrogens with zero attached hydrogens (tertiary/aromatic N) is 2. The van der Waals surface area contributed by atoms with Gasteiger partial charge in [-0.25, -0.2) is 8.42 Å². The first-order chi connectivity index (χ1) is 16.6. The molecule has 0 bridgehead atoms. The maximum atomic E-state index is 13.6. The number of sulfonamides is 1. The molecule has 2 fully saturated rings. The number of aryl methyl sites for hydroxylation is 2. The number of hydrogen-bond acceptors (Lipinski definition) is 4. The highest BCUT2D eigenvalue weighted by Crippen LogP contribution is 2.36. The average Bonchev–Trinajstić information content (AvgIpc) is 3.33. The summed E-state index contributed by atoms with van der Waals surface area (Å²) in [4.78, 5) is 16.0. The van der Waals surface area contributed by atoms with E-state index in [1.54, 1.807) is 4.31 Å². The fraction of sp³-hybridized carbons (Fsp3) is 0.536. The summed E-state index contributed by atoms with van der Waals surface area (Å²) in [6.45, 7) is 11.8. The maximum absolute atomic E-state index is 13.6. The maximum Gasteiger partial charge on any atom is 0.243 e. The van der Waals surface area contributed by atoms with E-state index in [0.29, 0.717) is 37.4 Å². The molecule has 2 aliphatic heterocycles. The Morgan fingerprint density at radius 3 is 2.11 bits per heavy atom. The largest absolute Gasteiger partial charge is 0.494 e. The molecule has 4 rings (SSSR count). The summed E-state index contributed by atoms with van der Waals surface area (Å²) in [5.41, 5.74) is 4.76. The lowest BCUT2D eigenvalue weighted by Gasteiger charge is -2.35. The van der Waals surface area contributed by atoms with Gasteiger partial charge in [0, 0.05) is 25.6 Å². The van der Waals surface area contributed by atoms with Crippen molar-refractivity contribution < 1.29 is 17.9 Å². The summed E-state index contributed by atoms with van der Waals surface area (Å²) in [6, 6.07) is 10.2. The van der Waals surface area contributed by atoms with Crippen LogP contribution in [0.25, 0.3) is 0 Å². The van der Waals surface area contributed by atoms with Crippen molar-refractivity contribution in [3.05, 3.63) is 58.1 Å². The molecule has 1 atom stereocenters. The van der Waals surface area contributed by atoms with Crippen molar-refractivity contribution in [3.63, 3.8) is 0 Å². The van der Waals surface area contributed by atoms with Crippen LogP contribution in [0.15, 0.2) is 35.2 Å². The highest BCUT2D eigenvalue weighted by molar-refractivity contribution is 7.89. The van der Waals surface area contributed by atoms with Crippen LogP contribution < -0.4 is 4.74 Å². The standard InChI is InChI=1S/C28H38N2O4S/c1-6-34-25-11-9-23(10-12-25)26-8-7-15-30(26)28(31)24-13-16-29(17-14-24)35(32,33)27-21(4)19(2)18-20(3)22(27)5/h9-12,18,24,26H,6-8,13-17H2,1-5H3/t26-/m0/s1. The Balaban J connectivity index is 1.45. The Morgan fingerprint density at radius 2 is 1.54 bits per heavy atom. The van der Waals surface area contributed by atoms with Crippen molar-refractivity contribution in [1.82, 2.24) is 9.21 Å². The second-order valence-corrected chi connectivity index (χ2v) is 11.8. The number of ether oxygens (including phenoxy) is 1. The van der Waals surface area contributed by atoms with Crippen LogP contribution in [-0.2, 0) is 14.8 Å². The molecule has 35 heavy (non-hydrogen) atoms. The smallest absolute Gasteiger partial charge is 0.243 e. The number of likely N-dealkylation sites (tertiary alicyclic amines) is 1. The summed E-state index contributed by atoms with van der Waals surface area (Å²) in [5, 5.41) is 0. The zero-order chi connectivity index (χ0) is 25.3. The second-order valence-electron chi connectivity index (χ2n) is 9.96. The Bertz CT molecular complexity index is 1160. The highest BCUT2D eigenvalue weighted by Gasteiger charge is 2.38. The van der Waals surface area contributed by atoms with Crippen molar-refractivity contribution in [1.29, 1.82) is 0 Å². The molecule has 1 amide bonds. The van der Waals surface area contributed by atoms with Crippen LogP contribution in [0.5, 0.6) is 5.75 Å². The molecule has 2 aromatic carbocycles. The predicted octanol–water partition coefficient (Wildman–Crippen LogP) is 5.08. The zero-order valence-electron chi connectivity index (χ0n) is 21.6. The van der Waals surface area contributed by atoms with Crippen LogP contribution >= 0.6 is 0 Å². The van der Waals surface area contributed by atoms with Crippen LogP contribution in [-0.4, -0.2) is 49.8 Å². The summed E-state index contributed by atoms with van der Waals surface area (Å²) in [5.74, 6) is 0.873. The van der Waals surface area contributed by atoms with Crippen LogP contribution in [0.1, 0.15) is 66.5 Å². The number of piperidine rings is 1. The molecule has 0 unspecified atom stereocenters. The lowest BCUT2D eigenvalue weighted by molar-refractivity contribution is -0.137. The molecule has 0 saturated carbocycles. The third-order valence-electron chi connectivity index (χ3n) is 7.81. The molecule has 0 aliphatic carbocycles. The third kappa shape index (κ3) is 4.98. The normalized spacial score (nSPS) is 19.8. The average molecular weight is 499 g/mol. The van der Waals surface area contributed by atoms with E-state index in [4.69, 9.17) is 4.74 Å². The summed E-state index contributed by atoms with van der Waals surface area (Å²) in [7, 11) is -3.60. The van der Waals surface area contributed by atoms with Gasteiger partial charge in [-0.15, -0.1) is 0 Å². The van der Waals surface area contributed by atoms with Gasteiger partial charge in [-0.3, -0.25) is 4.79 Å². The van der Waals surface area contributed by atoms with Gasteiger partial charge in [0.15, 0.2) is 0 Å². The topological polar surface area (TPSA) is 66.9 Å². The monoisotopic (exact) mass is 498 g/mol. The molecule has 0 spiro atoms. The molecule has 6 nitrogen and oxygen atoms in total. The second kappa shape index (κ2) is 10.3. The van der Waals surface area contributed by atoms with Crippen molar-refractivity contribution in [3.8, 4) is 5.75 Å². The van der Waals surface area contributed by atoms with E-state index >= 15 is 0 Å². The molecule has 0 N–H and O–H groups in total. The first-order valence-electron chi connectivity index (χ1n) is 12.8. The molecule has 2 aliphatic rings. The first-order valence-corrected chi connectivity index (χ1v) is 14.2. The van der Waals surface area contributed by atoms with E-state index in [1.807, 2.05) is 57.7 Å². The predicted molar refractivity (Wildman–Crippen MR) is 138 cm³/mol. The Morgan fingerprint density at radius 1 is 0.943 bits per heavy atom. The zero-order valence-corrected chi connectivity index (χ0v) is 22.5. The van der Waals surface area contributed by atoms with E-state index in [0.717, 1.165) is 53.0 Å². The molecular formula is C28H38N2O4S. The van der Waals surface area contributed by atoms with Crippen LogP contribution in [0, 0.1) is 33.6 Å². The highest BCUT2D eigenvalue weighted by atomic mass is 32.2. The summed E-state index contributed by atoms with van der Waals surface area (Å²) < 4.78 is 34.3. The van der Waals surface area contributed by atoms with Crippen LogP contribution in [0.2, 0.25) is 0 Å². The fourth-order valence-electron chi connectivity index (χ4n) is 5.60. The van der Waals surface area contributed by atoms with E-state index in [-0.39, 0.29) is 17.9 Å². The minimum absolute atomic E-state index is 0.0838. The van der Waals surface area contributed by atoms with E-state index < -0.39 is 10.0 Å². The van der Waals surface area contributed by atoms with E-state index in [2.05, 4.69) is 12.1 Å². The molecule has 0 aromatic heterocycles. The van der Waals surface area contributed by atoms with Crippen molar-refractivity contribution >= 4 is 15.9 Å². The van der Waals surface area contributed by atoms with Gasteiger partial charge in [0.25, 0.3) is 0 Å². The summed E-state index contributed by atoms with van der Waals surface area (Å²) in [6.07, 6.45) is 3.07. The SMILES string of the molecule is CCOc1ccc([C@@H]2CCCN2C(=O)C2CCN(S(=O)(=O)c3c(C)c(C)cc(C)c3C)CC2)cc1. The Hall–Kier alpha value is -2.38. The molecular weight excluding hydrogens is 460 g/mol. The lowest BCUT2D eigenvalue weighted by atomic mass is 9.95. The van der Waals surface area contributed by atoms with Crippen molar-refractivity contribution in [2.75, 3.05) is 26.2 Å². The fourth-order valence-corrected chi connectivity index (χ4v) is 7.65. The van der Waals surface area contributed by atoms with Crippen molar-refractivity contribution in [2.45, 2.75) is 71.2 Å². The van der Waals surface area contributed by atoms with Gasteiger partial charge in [0.2, 0.25) is 15.9 Å². The molecule has 190 valence electrons. The van der Waals surface area contributed by atoms with Crippen molar-refractivity contribution in [2.24, 2.45) is 5.92 Å². The number of amides is 1. The molecule has 0 radical (unpaired) electrons. The van der Waals surface area contributed by atoms with Gasteiger partial charge < -0.3 is 9.64 Å². The van der Waals surface area contributed by atoms with Gasteiger partial charge in [0.1, 0.15) is 5.75 Å². The Kier molecular flexibility index (Phi) is 7.57. The number of rotatable bonds is 6. The number of carbonyl (C=O) groups excluding carboxylic acids is 1. The van der Waals surface area contributed by atoms with Gasteiger partial charge in [0.05, 0.1) is 17.5 Å². The van der Waals surface area contributed by atoms with Gasteiger partial charge in [-0.1, -0.05) is 18.2 Å². The van der Waals surface area contributed by atoms with Gasteiger partial charge >= 0.3 is 0 Å². The third-order valence-corrected chi connectivity index (χ3v) is 9.98. The number of benzene rings is 2. The molecule has 2 saturated heterocycles. The molecule has 2 heterocycles. The molecule has 2 aromatic rings. The Labute approximate surface area is 210 Å². The minimum atomic E-state index is -3.60. The minimum Gasteiger partial charge on any atom is -0.494 e. The van der Waals surface area contributed by atoms with Gasteiger partial charge in [-0.2, -0.15) is 4.31 Å². The number of carbonyl (C=O) groups is 1. The van der Waals surface area contributed by atoms with E-state index in [1.165, 1.54) is 0 Å². The van der Waals surface area contributed by atoms with E-state index in [9.17, 15) is 13.2 Å². The van der Waals surface area contributed by atoms with Crippen LogP contribution in [0.3, 0.4) is 0 Å². The van der Waals surface area contributed by atoms with Gasteiger partial charge in [-0.05, 0) is 100 Å². The summed E-state index contributed by atoms with van der Waals surface area (Å²) >= 11 is 0. The first kappa shape index (κ1) is 25.7. The quantitative estimate of drug-likeness (QED) is 0.557.